The van der Waals surface area contributed by atoms with Gasteiger partial charge in [-0.1, -0.05) is 13.3 Å². The van der Waals surface area contributed by atoms with E-state index < -0.39 is 0 Å². The van der Waals surface area contributed by atoms with Gasteiger partial charge < -0.3 is 10.5 Å². The van der Waals surface area contributed by atoms with Crippen molar-refractivity contribution in [2.24, 2.45) is 11.7 Å². The minimum atomic E-state index is 0.456. The Morgan fingerprint density at radius 2 is 2.27 bits per heavy atom. The van der Waals surface area contributed by atoms with Gasteiger partial charge in [0.15, 0.2) is 0 Å². The van der Waals surface area contributed by atoms with E-state index in [0.29, 0.717) is 6.10 Å². The van der Waals surface area contributed by atoms with E-state index in [-0.39, 0.29) is 0 Å². The molecule has 2 N–H and O–H groups in total. The zero-order valence-electron chi connectivity index (χ0n) is 9.82. The van der Waals surface area contributed by atoms with E-state index in [0.717, 1.165) is 44.6 Å². The molecule has 2 aliphatic rings. The van der Waals surface area contributed by atoms with Crippen LogP contribution in [0.2, 0.25) is 0 Å². The molecule has 1 aliphatic carbocycles. The standard InChI is InChI=1S/C12H24N2O/c1-2-11-9-14(6-7-15-11)12-5-3-4-10(12)8-13/h10-12H,2-9,13H2,1H3. The van der Waals surface area contributed by atoms with Crippen LogP contribution in [0.1, 0.15) is 32.6 Å². The molecule has 2 rings (SSSR count). The Hall–Kier alpha value is -0.120. The summed E-state index contributed by atoms with van der Waals surface area (Å²) >= 11 is 0. The molecule has 1 aliphatic heterocycles. The smallest absolute Gasteiger partial charge is 0.0700 e. The van der Waals surface area contributed by atoms with Crippen LogP contribution in [0.4, 0.5) is 0 Å². The second kappa shape index (κ2) is 5.28. The van der Waals surface area contributed by atoms with E-state index in [1.807, 2.05) is 0 Å². The van der Waals surface area contributed by atoms with Gasteiger partial charge in [-0.3, -0.25) is 4.90 Å². The van der Waals surface area contributed by atoms with Gasteiger partial charge in [0.25, 0.3) is 0 Å². The minimum absolute atomic E-state index is 0.456. The third-order valence-electron chi connectivity index (χ3n) is 4.02. The maximum atomic E-state index is 5.84. The van der Waals surface area contributed by atoms with Crippen LogP contribution in [0.3, 0.4) is 0 Å². The van der Waals surface area contributed by atoms with Crippen molar-refractivity contribution in [1.29, 1.82) is 0 Å². The highest BCUT2D eigenvalue weighted by Gasteiger charge is 2.33. The third-order valence-corrected chi connectivity index (χ3v) is 4.02. The molecular weight excluding hydrogens is 188 g/mol. The first-order chi connectivity index (χ1) is 7.35. The van der Waals surface area contributed by atoms with Crippen molar-refractivity contribution in [3.8, 4) is 0 Å². The predicted molar refractivity (Wildman–Crippen MR) is 61.8 cm³/mol. The number of rotatable bonds is 3. The molecule has 1 saturated heterocycles. The van der Waals surface area contributed by atoms with Crippen molar-refractivity contribution in [2.45, 2.75) is 44.8 Å². The predicted octanol–water partition coefficient (Wildman–Crippen LogP) is 1.22. The average molecular weight is 212 g/mol. The van der Waals surface area contributed by atoms with Gasteiger partial charge in [0.05, 0.1) is 12.7 Å². The first kappa shape index (κ1) is 11.4. The molecule has 1 heterocycles. The summed E-state index contributed by atoms with van der Waals surface area (Å²) in [6.45, 7) is 6.21. The highest BCUT2D eigenvalue weighted by atomic mass is 16.5. The summed E-state index contributed by atoms with van der Waals surface area (Å²) in [5.74, 6) is 0.737. The maximum Gasteiger partial charge on any atom is 0.0700 e. The molecule has 88 valence electrons. The van der Waals surface area contributed by atoms with E-state index in [9.17, 15) is 0 Å². The number of ether oxygens (including phenoxy) is 1. The first-order valence-electron chi connectivity index (χ1n) is 6.40. The fourth-order valence-corrected chi connectivity index (χ4v) is 3.06. The van der Waals surface area contributed by atoms with Gasteiger partial charge in [-0.2, -0.15) is 0 Å². The first-order valence-corrected chi connectivity index (χ1v) is 6.40. The van der Waals surface area contributed by atoms with Crippen LogP contribution >= 0.6 is 0 Å². The van der Waals surface area contributed by atoms with E-state index in [4.69, 9.17) is 10.5 Å². The fourth-order valence-electron chi connectivity index (χ4n) is 3.06. The van der Waals surface area contributed by atoms with E-state index >= 15 is 0 Å². The maximum absolute atomic E-state index is 5.84. The lowest BCUT2D eigenvalue weighted by molar-refractivity contribution is -0.0490. The Balaban J connectivity index is 1.91. The van der Waals surface area contributed by atoms with Crippen LogP contribution in [0.5, 0.6) is 0 Å². The lowest BCUT2D eigenvalue weighted by Crippen LogP contribution is -2.49. The third kappa shape index (κ3) is 2.52. The van der Waals surface area contributed by atoms with Gasteiger partial charge in [0.2, 0.25) is 0 Å². The molecule has 0 spiro atoms. The summed E-state index contributed by atoms with van der Waals surface area (Å²) < 4.78 is 5.71. The number of nitrogens with two attached hydrogens (primary N) is 1. The molecule has 0 amide bonds. The molecule has 3 heteroatoms. The van der Waals surface area contributed by atoms with Gasteiger partial charge in [0, 0.05) is 19.1 Å². The summed E-state index contributed by atoms with van der Waals surface area (Å²) in [5, 5.41) is 0. The van der Waals surface area contributed by atoms with Crippen LogP contribution < -0.4 is 5.73 Å². The largest absolute Gasteiger partial charge is 0.376 e. The second-order valence-electron chi connectivity index (χ2n) is 4.89. The SMILES string of the molecule is CCC1CN(C2CCCC2CN)CCO1. The molecule has 3 unspecified atom stereocenters. The lowest BCUT2D eigenvalue weighted by atomic mass is 10.0. The normalized spacial score (nSPS) is 38.4. The monoisotopic (exact) mass is 212 g/mol. The number of morpholine rings is 1. The molecule has 1 saturated carbocycles. The van der Waals surface area contributed by atoms with E-state index in [1.54, 1.807) is 0 Å². The molecule has 0 bridgehead atoms. The number of nitrogens with zero attached hydrogens (tertiary/aromatic N) is 1. The molecule has 2 fully saturated rings. The Morgan fingerprint density at radius 1 is 1.40 bits per heavy atom. The van der Waals surface area contributed by atoms with E-state index in [1.165, 1.54) is 19.3 Å². The zero-order valence-corrected chi connectivity index (χ0v) is 9.82. The molecule has 0 radical (unpaired) electrons. The molecule has 15 heavy (non-hydrogen) atoms. The molecular formula is C12H24N2O. The van der Waals surface area contributed by atoms with Crippen molar-refractivity contribution in [2.75, 3.05) is 26.2 Å². The van der Waals surface area contributed by atoms with Crippen LogP contribution in [-0.4, -0.2) is 43.3 Å². The van der Waals surface area contributed by atoms with Crippen molar-refractivity contribution in [3.63, 3.8) is 0 Å². The van der Waals surface area contributed by atoms with Crippen LogP contribution in [-0.2, 0) is 4.74 Å². The van der Waals surface area contributed by atoms with Gasteiger partial charge in [-0.05, 0) is 31.7 Å². The van der Waals surface area contributed by atoms with Crippen LogP contribution in [0.25, 0.3) is 0 Å². The fraction of sp³-hybridized carbons (Fsp3) is 1.00. The molecule has 3 atom stereocenters. The second-order valence-corrected chi connectivity index (χ2v) is 4.89. The molecule has 3 nitrogen and oxygen atoms in total. The summed E-state index contributed by atoms with van der Waals surface area (Å²) in [4.78, 5) is 2.63. The summed E-state index contributed by atoms with van der Waals surface area (Å²) in [7, 11) is 0. The van der Waals surface area contributed by atoms with Gasteiger partial charge in [0.1, 0.15) is 0 Å². The Labute approximate surface area is 93.0 Å². The summed E-state index contributed by atoms with van der Waals surface area (Å²) in [6, 6.07) is 0.743. The quantitative estimate of drug-likeness (QED) is 0.764. The van der Waals surface area contributed by atoms with E-state index in [2.05, 4.69) is 11.8 Å². The summed E-state index contributed by atoms with van der Waals surface area (Å²) in [5.41, 5.74) is 5.84. The Bertz CT molecular complexity index is 198. The molecule has 0 aromatic rings. The van der Waals surface area contributed by atoms with Gasteiger partial charge in [-0.25, -0.2) is 0 Å². The average Bonchev–Trinajstić information content (AvgIpc) is 2.77. The minimum Gasteiger partial charge on any atom is -0.376 e. The lowest BCUT2D eigenvalue weighted by Gasteiger charge is -2.38. The number of hydrogen-bond acceptors (Lipinski definition) is 3. The highest BCUT2D eigenvalue weighted by molar-refractivity contribution is 4.88. The van der Waals surface area contributed by atoms with Crippen LogP contribution in [0.15, 0.2) is 0 Å². The van der Waals surface area contributed by atoms with Crippen molar-refractivity contribution >= 4 is 0 Å². The molecule has 0 aromatic heterocycles. The zero-order chi connectivity index (χ0) is 10.7. The molecule has 0 aromatic carbocycles. The Kier molecular flexibility index (Phi) is 4.00. The Morgan fingerprint density at radius 3 is 3.00 bits per heavy atom. The summed E-state index contributed by atoms with van der Waals surface area (Å²) in [6.07, 6.45) is 5.63. The topological polar surface area (TPSA) is 38.5 Å². The van der Waals surface area contributed by atoms with Gasteiger partial charge >= 0.3 is 0 Å². The highest BCUT2D eigenvalue weighted by Crippen LogP contribution is 2.30. The van der Waals surface area contributed by atoms with Crippen molar-refractivity contribution < 1.29 is 4.74 Å². The van der Waals surface area contributed by atoms with Crippen molar-refractivity contribution in [3.05, 3.63) is 0 Å². The van der Waals surface area contributed by atoms with Crippen LogP contribution in [0, 0.1) is 5.92 Å². The number of hydrogen-bond donors (Lipinski definition) is 1. The van der Waals surface area contributed by atoms with Crippen molar-refractivity contribution in [1.82, 2.24) is 4.90 Å². The van der Waals surface area contributed by atoms with Gasteiger partial charge in [-0.15, -0.1) is 0 Å².